The quantitative estimate of drug-likeness (QED) is 0.883. The maximum absolute atomic E-state index is 11.9. The molecule has 98 valence electrons. The SMILES string of the molecule is CC1CCC(CNC(=O)c2cc(O)ccc2Cl)C1. The first-order chi connectivity index (χ1) is 8.56. The molecule has 0 saturated heterocycles. The molecule has 1 amide bonds. The molecule has 1 aliphatic rings. The van der Waals surface area contributed by atoms with Crippen LogP contribution in [0.5, 0.6) is 5.75 Å². The summed E-state index contributed by atoms with van der Waals surface area (Å²) in [5.41, 5.74) is 0.336. The van der Waals surface area contributed by atoms with Gasteiger partial charge in [-0.15, -0.1) is 0 Å². The molecule has 3 nitrogen and oxygen atoms in total. The predicted octanol–water partition coefficient (Wildman–Crippen LogP) is 3.21. The van der Waals surface area contributed by atoms with E-state index in [0.717, 1.165) is 5.92 Å². The van der Waals surface area contributed by atoms with Gasteiger partial charge >= 0.3 is 0 Å². The second-order valence-corrected chi connectivity index (χ2v) is 5.57. The summed E-state index contributed by atoms with van der Waals surface area (Å²) in [7, 11) is 0. The number of rotatable bonds is 3. The first kappa shape index (κ1) is 13.2. The Balaban J connectivity index is 1.93. The molecular formula is C14H18ClNO2. The van der Waals surface area contributed by atoms with E-state index in [4.69, 9.17) is 11.6 Å². The number of nitrogens with one attached hydrogen (secondary N) is 1. The lowest BCUT2D eigenvalue weighted by Crippen LogP contribution is -2.28. The number of aromatic hydroxyl groups is 1. The predicted molar refractivity (Wildman–Crippen MR) is 72.0 cm³/mol. The van der Waals surface area contributed by atoms with E-state index < -0.39 is 0 Å². The van der Waals surface area contributed by atoms with Crippen molar-refractivity contribution >= 4 is 17.5 Å². The van der Waals surface area contributed by atoms with Crippen LogP contribution in [0.25, 0.3) is 0 Å². The van der Waals surface area contributed by atoms with Gasteiger partial charge in [-0.2, -0.15) is 0 Å². The van der Waals surface area contributed by atoms with Gasteiger partial charge in [-0.3, -0.25) is 4.79 Å². The van der Waals surface area contributed by atoms with Gasteiger partial charge in [0.2, 0.25) is 0 Å². The number of phenolic OH excluding ortho intramolecular Hbond substituents is 1. The highest BCUT2D eigenvalue weighted by Crippen LogP contribution is 2.29. The molecule has 0 spiro atoms. The number of phenols is 1. The summed E-state index contributed by atoms with van der Waals surface area (Å²) < 4.78 is 0. The minimum atomic E-state index is -0.213. The number of carbonyl (C=O) groups is 1. The monoisotopic (exact) mass is 267 g/mol. The van der Waals surface area contributed by atoms with E-state index in [1.807, 2.05) is 0 Å². The summed E-state index contributed by atoms with van der Waals surface area (Å²) in [4.78, 5) is 11.9. The minimum Gasteiger partial charge on any atom is -0.508 e. The van der Waals surface area contributed by atoms with Crippen LogP contribution in [-0.4, -0.2) is 17.6 Å². The number of halogens is 1. The fraction of sp³-hybridized carbons (Fsp3) is 0.500. The van der Waals surface area contributed by atoms with E-state index in [-0.39, 0.29) is 11.7 Å². The van der Waals surface area contributed by atoms with Crippen molar-refractivity contribution in [2.45, 2.75) is 26.2 Å². The smallest absolute Gasteiger partial charge is 0.252 e. The lowest BCUT2D eigenvalue weighted by Gasteiger charge is -2.12. The van der Waals surface area contributed by atoms with E-state index in [2.05, 4.69) is 12.2 Å². The average Bonchev–Trinajstić information content (AvgIpc) is 2.75. The van der Waals surface area contributed by atoms with Gasteiger partial charge in [-0.25, -0.2) is 0 Å². The average molecular weight is 268 g/mol. The summed E-state index contributed by atoms with van der Waals surface area (Å²) >= 11 is 5.94. The molecule has 0 heterocycles. The number of benzene rings is 1. The normalized spacial score (nSPS) is 23.0. The van der Waals surface area contributed by atoms with Gasteiger partial charge in [0.15, 0.2) is 0 Å². The molecule has 2 atom stereocenters. The molecule has 0 radical (unpaired) electrons. The van der Waals surface area contributed by atoms with Crippen molar-refractivity contribution in [1.82, 2.24) is 5.32 Å². The van der Waals surface area contributed by atoms with Crippen molar-refractivity contribution < 1.29 is 9.90 Å². The maximum Gasteiger partial charge on any atom is 0.252 e. The van der Waals surface area contributed by atoms with Crippen molar-refractivity contribution in [3.05, 3.63) is 28.8 Å². The summed E-state index contributed by atoms with van der Waals surface area (Å²) in [5.74, 6) is 1.17. The number of hydrogen-bond donors (Lipinski definition) is 2. The van der Waals surface area contributed by atoms with Crippen molar-refractivity contribution in [3.63, 3.8) is 0 Å². The van der Waals surface area contributed by atoms with Gasteiger partial charge < -0.3 is 10.4 Å². The molecule has 4 heteroatoms. The zero-order chi connectivity index (χ0) is 13.1. The van der Waals surface area contributed by atoms with E-state index in [1.54, 1.807) is 0 Å². The molecule has 2 rings (SSSR count). The Labute approximate surface area is 112 Å². The molecule has 0 aromatic heterocycles. The van der Waals surface area contributed by atoms with Gasteiger partial charge in [0.1, 0.15) is 5.75 Å². The van der Waals surface area contributed by atoms with E-state index in [9.17, 15) is 9.90 Å². The number of hydrogen-bond acceptors (Lipinski definition) is 2. The Morgan fingerprint density at radius 3 is 2.94 bits per heavy atom. The van der Waals surface area contributed by atoms with Crippen LogP contribution >= 0.6 is 11.6 Å². The summed E-state index contributed by atoms with van der Waals surface area (Å²) in [5, 5.41) is 12.6. The molecule has 0 bridgehead atoms. The molecule has 2 unspecified atom stereocenters. The van der Waals surface area contributed by atoms with Crippen LogP contribution in [0.1, 0.15) is 36.5 Å². The van der Waals surface area contributed by atoms with Crippen LogP contribution in [0.3, 0.4) is 0 Å². The lowest BCUT2D eigenvalue weighted by atomic mass is 10.1. The Morgan fingerprint density at radius 2 is 2.28 bits per heavy atom. The molecule has 1 aromatic rings. The molecule has 18 heavy (non-hydrogen) atoms. The fourth-order valence-corrected chi connectivity index (χ4v) is 2.73. The molecule has 1 saturated carbocycles. The first-order valence-electron chi connectivity index (χ1n) is 6.33. The second-order valence-electron chi connectivity index (χ2n) is 5.16. The minimum absolute atomic E-state index is 0.0547. The summed E-state index contributed by atoms with van der Waals surface area (Å²) in [6.45, 7) is 2.93. The standard InChI is InChI=1S/C14H18ClNO2/c1-9-2-3-10(6-9)8-16-14(18)12-7-11(17)4-5-13(12)15/h4-5,7,9-10,17H,2-3,6,8H2,1H3,(H,16,18). The van der Waals surface area contributed by atoms with E-state index >= 15 is 0 Å². The largest absolute Gasteiger partial charge is 0.508 e. The van der Waals surface area contributed by atoms with Gasteiger partial charge in [-0.05, 0) is 42.9 Å². The van der Waals surface area contributed by atoms with E-state index in [0.29, 0.717) is 23.0 Å². The van der Waals surface area contributed by atoms with Gasteiger partial charge in [-0.1, -0.05) is 24.9 Å². The van der Waals surface area contributed by atoms with Crippen LogP contribution in [0.2, 0.25) is 5.02 Å². The summed E-state index contributed by atoms with van der Waals surface area (Å²) in [6.07, 6.45) is 3.59. The first-order valence-corrected chi connectivity index (χ1v) is 6.70. The van der Waals surface area contributed by atoms with Crippen LogP contribution in [-0.2, 0) is 0 Å². The molecular weight excluding hydrogens is 250 g/mol. The molecule has 2 N–H and O–H groups in total. The van der Waals surface area contributed by atoms with E-state index in [1.165, 1.54) is 37.5 Å². The lowest BCUT2D eigenvalue weighted by molar-refractivity contribution is 0.0947. The molecule has 1 aliphatic carbocycles. The highest BCUT2D eigenvalue weighted by Gasteiger charge is 2.22. The van der Waals surface area contributed by atoms with Gasteiger partial charge in [0.05, 0.1) is 10.6 Å². The Kier molecular flexibility index (Phi) is 4.12. The van der Waals surface area contributed by atoms with Crippen molar-refractivity contribution in [1.29, 1.82) is 0 Å². The van der Waals surface area contributed by atoms with Crippen LogP contribution in [0, 0.1) is 11.8 Å². The van der Waals surface area contributed by atoms with Crippen LogP contribution in [0.15, 0.2) is 18.2 Å². The van der Waals surface area contributed by atoms with Crippen molar-refractivity contribution in [2.24, 2.45) is 11.8 Å². The third-order valence-electron chi connectivity index (χ3n) is 3.55. The second kappa shape index (κ2) is 5.61. The Hall–Kier alpha value is -1.22. The Morgan fingerprint density at radius 1 is 1.50 bits per heavy atom. The highest BCUT2D eigenvalue weighted by molar-refractivity contribution is 6.33. The molecule has 0 aliphatic heterocycles. The van der Waals surface area contributed by atoms with Crippen molar-refractivity contribution in [3.8, 4) is 5.75 Å². The molecule has 1 aromatic carbocycles. The van der Waals surface area contributed by atoms with Crippen LogP contribution in [0.4, 0.5) is 0 Å². The Bertz CT molecular complexity index is 447. The summed E-state index contributed by atoms with van der Waals surface area (Å²) in [6, 6.07) is 4.40. The fourth-order valence-electron chi connectivity index (χ4n) is 2.53. The number of amides is 1. The highest BCUT2D eigenvalue weighted by atomic mass is 35.5. The zero-order valence-corrected chi connectivity index (χ0v) is 11.2. The van der Waals surface area contributed by atoms with Crippen LogP contribution < -0.4 is 5.32 Å². The topological polar surface area (TPSA) is 49.3 Å². The number of carbonyl (C=O) groups excluding carboxylic acids is 1. The van der Waals surface area contributed by atoms with Gasteiger partial charge in [0.25, 0.3) is 5.91 Å². The van der Waals surface area contributed by atoms with Gasteiger partial charge in [0, 0.05) is 6.54 Å². The van der Waals surface area contributed by atoms with Crippen molar-refractivity contribution in [2.75, 3.05) is 6.54 Å². The maximum atomic E-state index is 11.9. The third kappa shape index (κ3) is 3.16. The molecule has 1 fully saturated rings. The third-order valence-corrected chi connectivity index (χ3v) is 3.88. The zero-order valence-electron chi connectivity index (χ0n) is 10.4.